The Morgan fingerprint density at radius 2 is 1.88 bits per heavy atom. The van der Waals surface area contributed by atoms with E-state index >= 15 is 0 Å². The number of aryl methyl sites for hydroxylation is 3. The van der Waals surface area contributed by atoms with E-state index in [0.29, 0.717) is 6.04 Å². The third kappa shape index (κ3) is 4.24. The maximum Gasteiger partial charge on any atom is 0.0625 e. The minimum Gasteiger partial charge on any atom is -0.371 e. The van der Waals surface area contributed by atoms with E-state index < -0.39 is 0 Å². The van der Waals surface area contributed by atoms with Gasteiger partial charge < -0.3 is 9.80 Å². The van der Waals surface area contributed by atoms with E-state index in [4.69, 9.17) is 0 Å². The average molecular weight is 341 g/mol. The fourth-order valence-corrected chi connectivity index (χ4v) is 4.10. The van der Waals surface area contributed by atoms with Crippen LogP contribution in [0, 0.1) is 20.8 Å². The van der Waals surface area contributed by atoms with Crippen molar-refractivity contribution in [1.82, 2.24) is 15.1 Å². The fourth-order valence-electron chi connectivity index (χ4n) is 4.10. The molecule has 1 aromatic heterocycles. The number of rotatable bonds is 6. The third-order valence-corrected chi connectivity index (χ3v) is 5.76. The number of nitrogens with one attached hydrogen (secondary N) is 1. The zero-order valence-corrected chi connectivity index (χ0v) is 16.2. The molecular weight excluding hydrogens is 308 g/mol. The molecule has 1 N–H and O–H groups in total. The van der Waals surface area contributed by atoms with E-state index in [-0.39, 0.29) is 0 Å². The van der Waals surface area contributed by atoms with Crippen molar-refractivity contribution < 1.29 is 0 Å². The van der Waals surface area contributed by atoms with Crippen molar-refractivity contribution in [2.24, 2.45) is 0 Å². The minimum absolute atomic E-state index is 0.715. The lowest BCUT2D eigenvalue weighted by Gasteiger charge is -2.38. The number of H-pyrrole nitrogens is 1. The first-order chi connectivity index (χ1) is 12.1. The van der Waals surface area contributed by atoms with Gasteiger partial charge in [-0.2, -0.15) is 5.10 Å². The van der Waals surface area contributed by atoms with Gasteiger partial charge in [-0.1, -0.05) is 18.2 Å². The Morgan fingerprint density at radius 1 is 1.16 bits per heavy atom. The van der Waals surface area contributed by atoms with Gasteiger partial charge in [0.2, 0.25) is 0 Å². The lowest BCUT2D eigenvalue weighted by Crippen LogP contribution is -2.44. The van der Waals surface area contributed by atoms with Gasteiger partial charge in [0.05, 0.1) is 5.69 Å². The van der Waals surface area contributed by atoms with Crippen molar-refractivity contribution >= 4 is 5.69 Å². The zero-order valence-electron chi connectivity index (χ0n) is 16.2. The Balaban J connectivity index is 1.45. The van der Waals surface area contributed by atoms with Crippen molar-refractivity contribution in [3.8, 4) is 0 Å². The smallest absolute Gasteiger partial charge is 0.0625 e. The molecule has 0 atom stereocenters. The van der Waals surface area contributed by atoms with Crippen molar-refractivity contribution in [2.75, 3.05) is 31.6 Å². The summed E-state index contributed by atoms with van der Waals surface area (Å²) in [4.78, 5) is 5.12. The van der Waals surface area contributed by atoms with Crippen LogP contribution in [0.1, 0.15) is 41.8 Å². The van der Waals surface area contributed by atoms with Gasteiger partial charge in [-0.15, -0.1) is 0 Å². The molecule has 0 unspecified atom stereocenters. The Kier molecular flexibility index (Phi) is 5.79. The molecular formula is C21H32N4. The van der Waals surface area contributed by atoms with Gasteiger partial charge in [-0.3, -0.25) is 5.10 Å². The van der Waals surface area contributed by atoms with Gasteiger partial charge in [-0.25, -0.2) is 0 Å². The monoisotopic (exact) mass is 340 g/mol. The Hall–Kier alpha value is -1.81. The van der Waals surface area contributed by atoms with Crippen LogP contribution >= 0.6 is 0 Å². The van der Waals surface area contributed by atoms with Crippen LogP contribution in [0.3, 0.4) is 0 Å². The van der Waals surface area contributed by atoms with Crippen LogP contribution in [-0.4, -0.2) is 47.8 Å². The molecule has 1 aromatic carbocycles. The summed E-state index contributed by atoms with van der Waals surface area (Å²) in [6.45, 7) is 9.94. The molecule has 2 aromatic rings. The summed E-state index contributed by atoms with van der Waals surface area (Å²) in [6.07, 6.45) is 4.85. The van der Waals surface area contributed by atoms with Gasteiger partial charge in [-0.05, 0) is 77.2 Å². The van der Waals surface area contributed by atoms with Gasteiger partial charge in [0, 0.05) is 30.5 Å². The molecule has 136 valence electrons. The van der Waals surface area contributed by atoms with Crippen molar-refractivity contribution in [2.45, 2.75) is 52.5 Å². The van der Waals surface area contributed by atoms with Crippen molar-refractivity contribution in [3.63, 3.8) is 0 Å². The molecule has 1 aliphatic heterocycles. The molecule has 2 heterocycles. The molecule has 0 bridgehead atoms. The van der Waals surface area contributed by atoms with E-state index in [1.807, 2.05) is 0 Å². The van der Waals surface area contributed by atoms with E-state index in [1.165, 1.54) is 61.4 Å². The van der Waals surface area contributed by atoms with E-state index in [0.717, 1.165) is 12.1 Å². The van der Waals surface area contributed by atoms with Crippen LogP contribution < -0.4 is 4.90 Å². The van der Waals surface area contributed by atoms with E-state index in [1.54, 1.807) is 0 Å². The first-order valence-electron chi connectivity index (χ1n) is 9.57. The molecule has 0 aliphatic carbocycles. The van der Waals surface area contributed by atoms with Gasteiger partial charge in [0.1, 0.15) is 0 Å². The fraction of sp³-hybridized carbons (Fsp3) is 0.571. The number of para-hydroxylation sites is 1. The SMILES string of the molecule is Cc1ccccc1N1CCC(N(C)CCCc2c(C)n[nH]c2C)CC1. The quantitative estimate of drug-likeness (QED) is 0.867. The summed E-state index contributed by atoms with van der Waals surface area (Å²) in [6, 6.07) is 9.47. The molecule has 1 fully saturated rings. The first kappa shape index (κ1) is 18.0. The number of aromatic nitrogens is 2. The Bertz CT molecular complexity index is 663. The lowest BCUT2D eigenvalue weighted by molar-refractivity contribution is 0.206. The lowest BCUT2D eigenvalue weighted by atomic mass is 10.0. The van der Waals surface area contributed by atoms with Crippen LogP contribution in [-0.2, 0) is 6.42 Å². The standard InChI is InChI=1S/C21H32N4/c1-16-8-5-6-10-21(16)25-14-11-19(12-15-25)24(4)13-7-9-20-17(2)22-23-18(20)3/h5-6,8,10,19H,7,9,11-15H2,1-4H3,(H,22,23). The number of aromatic amines is 1. The predicted molar refractivity (Wildman–Crippen MR) is 105 cm³/mol. The Labute approximate surface area is 152 Å². The largest absolute Gasteiger partial charge is 0.371 e. The number of anilines is 1. The minimum atomic E-state index is 0.715. The number of hydrogen-bond donors (Lipinski definition) is 1. The maximum absolute atomic E-state index is 4.30. The second kappa shape index (κ2) is 8.05. The zero-order chi connectivity index (χ0) is 17.8. The molecule has 4 nitrogen and oxygen atoms in total. The molecule has 0 spiro atoms. The molecule has 25 heavy (non-hydrogen) atoms. The maximum atomic E-state index is 4.30. The average Bonchev–Trinajstić information content (AvgIpc) is 2.94. The highest BCUT2D eigenvalue weighted by Gasteiger charge is 2.23. The van der Waals surface area contributed by atoms with Crippen LogP contribution in [0.25, 0.3) is 0 Å². The summed E-state index contributed by atoms with van der Waals surface area (Å²) >= 11 is 0. The number of piperidine rings is 1. The van der Waals surface area contributed by atoms with E-state index in [2.05, 4.69) is 72.1 Å². The summed E-state index contributed by atoms with van der Waals surface area (Å²) < 4.78 is 0. The van der Waals surface area contributed by atoms with Crippen molar-refractivity contribution in [3.05, 3.63) is 46.8 Å². The number of nitrogens with zero attached hydrogens (tertiary/aromatic N) is 3. The number of hydrogen-bond acceptors (Lipinski definition) is 3. The Morgan fingerprint density at radius 3 is 2.52 bits per heavy atom. The summed E-state index contributed by atoms with van der Waals surface area (Å²) in [5, 5.41) is 7.40. The normalized spacial score (nSPS) is 16.0. The second-order valence-electron chi connectivity index (χ2n) is 7.50. The highest BCUT2D eigenvalue weighted by molar-refractivity contribution is 5.53. The molecule has 0 saturated carbocycles. The summed E-state index contributed by atoms with van der Waals surface area (Å²) in [5.41, 5.74) is 6.59. The topological polar surface area (TPSA) is 35.2 Å². The molecule has 1 saturated heterocycles. The molecule has 0 radical (unpaired) electrons. The van der Waals surface area contributed by atoms with Crippen LogP contribution in [0.5, 0.6) is 0 Å². The van der Waals surface area contributed by atoms with Crippen molar-refractivity contribution in [1.29, 1.82) is 0 Å². The number of benzene rings is 1. The second-order valence-corrected chi connectivity index (χ2v) is 7.50. The van der Waals surface area contributed by atoms with Crippen LogP contribution in [0.15, 0.2) is 24.3 Å². The molecule has 4 heteroatoms. The molecule has 3 rings (SSSR count). The summed E-state index contributed by atoms with van der Waals surface area (Å²) in [5.74, 6) is 0. The molecule has 1 aliphatic rings. The molecule has 0 amide bonds. The summed E-state index contributed by atoms with van der Waals surface area (Å²) in [7, 11) is 2.29. The van der Waals surface area contributed by atoms with Gasteiger partial charge in [0.25, 0.3) is 0 Å². The van der Waals surface area contributed by atoms with Gasteiger partial charge in [0.15, 0.2) is 0 Å². The van der Waals surface area contributed by atoms with Gasteiger partial charge >= 0.3 is 0 Å². The third-order valence-electron chi connectivity index (χ3n) is 5.76. The van der Waals surface area contributed by atoms with Crippen LogP contribution in [0.2, 0.25) is 0 Å². The highest BCUT2D eigenvalue weighted by atomic mass is 15.2. The highest BCUT2D eigenvalue weighted by Crippen LogP contribution is 2.25. The first-order valence-corrected chi connectivity index (χ1v) is 9.57. The van der Waals surface area contributed by atoms with E-state index in [9.17, 15) is 0 Å². The van der Waals surface area contributed by atoms with Crippen LogP contribution in [0.4, 0.5) is 5.69 Å². The predicted octanol–water partition coefficient (Wildman–Crippen LogP) is 3.87.